The largest absolute Gasteiger partial charge is 0.494 e. The summed E-state index contributed by atoms with van der Waals surface area (Å²) in [5.74, 6) is 2.16. The van der Waals surface area contributed by atoms with Crippen molar-refractivity contribution in [3.63, 3.8) is 0 Å². The lowest BCUT2D eigenvalue weighted by molar-refractivity contribution is -0.383. The lowest BCUT2D eigenvalue weighted by atomic mass is 10.2. The number of hydrogen-bond acceptors (Lipinski definition) is 9. The molecular formula is C22H25N7O3. The Hall–Kier alpha value is -3.95. The molecule has 3 heterocycles. The van der Waals surface area contributed by atoms with Crippen LogP contribution in [0, 0.1) is 10.1 Å². The molecule has 0 radical (unpaired) electrons. The van der Waals surface area contributed by atoms with Crippen LogP contribution < -0.4 is 19.9 Å². The van der Waals surface area contributed by atoms with Gasteiger partial charge < -0.3 is 19.9 Å². The van der Waals surface area contributed by atoms with Crippen LogP contribution in [-0.4, -0.2) is 52.7 Å². The summed E-state index contributed by atoms with van der Waals surface area (Å²) < 4.78 is 5.64. The summed E-state index contributed by atoms with van der Waals surface area (Å²) in [7, 11) is 0. The maximum atomic E-state index is 12.0. The van der Waals surface area contributed by atoms with E-state index in [2.05, 4.69) is 25.2 Å². The summed E-state index contributed by atoms with van der Waals surface area (Å²) in [6.45, 7) is 5.40. The molecule has 0 saturated carbocycles. The van der Waals surface area contributed by atoms with Gasteiger partial charge in [-0.2, -0.15) is 0 Å². The molecule has 0 bridgehead atoms. The molecule has 3 aromatic rings. The number of rotatable bonds is 8. The molecule has 166 valence electrons. The molecule has 0 spiro atoms. The second kappa shape index (κ2) is 9.90. The smallest absolute Gasteiger partial charge is 0.353 e. The minimum atomic E-state index is -0.419. The van der Waals surface area contributed by atoms with Gasteiger partial charge in [0.05, 0.1) is 11.5 Å². The van der Waals surface area contributed by atoms with Crippen molar-refractivity contribution >= 4 is 23.1 Å². The fraction of sp³-hybridized carbons (Fsp3) is 0.318. The fourth-order valence-electron chi connectivity index (χ4n) is 3.71. The molecule has 1 fully saturated rings. The maximum Gasteiger partial charge on any atom is 0.353 e. The highest BCUT2D eigenvalue weighted by molar-refractivity contribution is 5.70. The lowest BCUT2D eigenvalue weighted by Crippen LogP contribution is -2.47. The van der Waals surface area contributed by atoms with E-state index in [1.807, 2.05) is 54.3 Å². The van der Waals surface area contributed by atoms with E-state index < -0.39 is 4.92 Å². The van der Waals surface area contributed by atoms with E-state index in [-0.39, 0.29) is 11.5 Å². The van der Waals surface area contributed by atoms with Crippen LogP contribution in [0.25, 0.3) is 0 Å². The van der Waals surface area contributed by atoms with Gasteiger partial charge in [-0.15, -0.1) is 0 Å². The molecule has 2 aromatic heterocycles. The summed E-state index contributed by atoms with van der Waals surface area (Å²) in [6, 6.07) is 13.4. The minimum absolute atomic E-state index is 0.118. The third-order valence-corrected chi connectivity index (χ3v) is 5.26. The lowest BCUT2D eigenvalue weighted by Gasteiger charge is -2.35. The Labute approximate surface area is 186 Å². The summed E-state index contributed by atoms with van der Waals surface area (Å²) in [5.41, 5.74) is 0.778. The highest BCUT2D eigenvalue weighted by Gasteiger charge is 2.29. The van der Waals surface area contributed by atoms with Crippen molar-refractivity contribution in [2.45, 2.75) is 13.5 Å². The van der Waals surface area contributed by atoms with Crippen molar-refractivity contribution in [2.75, 3.05) is 47.9 Å². The molecule has 0 atom stereocenters. The van der Waals surface area contributed by atoms with Gasteiger partial charge in [-0.25, -0.2) is 15.0 Å². The summed E-state index contributed by atoms with van der Waals surface area (Å²) in [5, 5.41) is 15.1. The number of nitrogens with one attached hydrogen (secondary N) is 1. The highest BCUT2D eigenvalue weighted by Crippen LogP contribution is 2.33. The Kier molecular flexibility index (Phi) is 6.59. The van der Waals surface area contributed by atoms with Gasteiger partial charge in [-0.3, -0.25) is 10.1 Å². The second-order valence-electron chi connectivity index (χ2n) is 7.21. The van der Waals surface area contributed by atoms with E-state index in [1.54, 1.807) is 6.20 Å². The van der Waals surface area contributed by atoms with Crippen LogP contribution in [0.5, 0.6) is 5.75 Å². The van der Waals surface area contributed by atoms with Crippen molar-refractivity contribution < 1.29 is 9.66 Å². The molecule has 1 aromatic carbocycles. The van der Waals surface area contributed by atoms with Gasteiger partial charge in [0.1, 0.15) is 17.9 Å². The molecule has 1 aliphatic heterocycles. The highest BCUT2D eigenvalue weighted by atomic mass is 16.6. The molecule has 32 heavy (non-hydrogen) atoms. The third-order valence-electron chi connectivity index (χ3n) is 5.26. The number of hydrogen-bond donors (Lipinski definition) is 1. The Morgan fingerprint density at radius 2 is 1.78 bits per heavy atom. The predicted molar refractivity (Wildman–Crippen MR) is 122 cm³/mol. The standard InChI is InChI=1S/C22H25N7O3/c1-2-32-18-8-4-3-7-17(18)15-24-21-20(29(30)31)22(26-16-25-21)28-13-11-27(12-14-28)19-9-5-6-10-23-19/h3-10,16H,2,11-15H2,1H3,(H,24,25,26). The molecule has 10 heteroatoms. The molecule has 4 rings (SSSR count). The van der Waals surface area contributed by atoms with E-state index in [1.165, 1.54) is 6.33 Å². The number of ether oxygens (including phenoxy) is 1. The number of anilines is 3. The second-order valence-corrected chi connectivity index (χ2v) is 7.21. The van der Waals surface area contributed by atoms with E-state index in [4.69, 9.17) is 4.74 Å². The Bertz CT molecular complexity index is 1060. The number of nitro groups is 1. The van der Waals surface area contributed by atoms with Crippen molar-refractivity contribution in [3.8, 4) is 5.75 Å². The number of benzene rings is 1. The zero-order chi connectivity index (χ0) is 22.3. The van der Waals surface area contributed by atoms with Crippen LogP contribution in [0.2, 0.25) is 0 Å². The molecule has 10 nitrogen and oxygen atoms in total. The van der Waals surface area contributed by atoms with E-state index in [9.17, 15) is 10.1 Å². The summed E-state index contributed by atoms with van der Waals surface area (Å²) >= 11 is 0. The fourth-order valence-corrected chi connectivity index (χ4v) is 3.71. The van der Waals surface area contributed by atoms with Crippen LogP contribution >= 0.6 is 0 Å². The van der Waals surface area contributed by atoms with Gasteiger partial charge in [0.15, 0.2) is 0 Å². The average molecular weight is 435 g/mol. The molecule has 1 saturated heterocycles. The van der Waals surface area contributed by atoms with Crippen LogP contribution in [0.4, 0.5) is 23.1 Å². The molecule has 0 aliphatic carbocycles. The predicted octanol–water partition coefficient (Wildman–Crippen LogP) is 3.12. The van der Waals surface area contributed by atoms with Crippen LogP contribution in [0.3, 0.4) is 0 Å². The third kappa shape index (κ3) is 4.69. The van der Waals surface area contributed by atoms with Gasteiger partial charge >= 0.3 is 5.69 Å². The molecule has 0 amide bonds. The first kappa shape index (κ1) is 21.3. The molecule has 1 aliphatic rings. The normalized spacial score (nSPS) is 13.7. The van der Waals surface area contributed by atoms with Crippen molar-refractivity contribution in [2.24, 2.45) is 0 Å². The van der Waals surface area contributed by atoms with Crippen LogP contribution in [0.1, 0.15) is 12.5 Å². The van der Waals surface area contributed by atoms with Crippen LogP contribution in [-0.2, 0) is 6.54 Å². The maximum absolute atomic E-state index is 12.0. The van der Waals surface area contributed by atoms with E-state index in [0.717, 1.165) is 17.1 Å². The van der Waals surface area contributed by atoms with Gasteiger partial charge in [0.25, 0.3) is 0 Å². The van der Waals surface area contributed by atoms with E-state index in [0.29, 0.717) is 45.1 Å². The number of piperazine rings is 1. The van der Waals surface area contributed by atoms with Crippen molar-refractivity contribution in [3.05, 3.63) is 70.7 Å². The average Bonchev–Trinajstić information content (AvgIpc) is 2.84. The van der Waals surface area contributed by atoms with Crippen LogP contribution in [0.15, 0.2) is 55.0 Å². The zero-order valence-corrected chi connectivity index (χ0v) is 17.8. The Balaban J connectivity index is 1.51. The van der Waals surface area contributed by atoms with Crippen molar-refractivity contribution in [1.29, 1.82) is 0 Å². The number of aromatic nitrogens is 3. The van der Waals surface area contributed by atoms with Gasteiger partial charge in [0, 0.05) is 44.5 Å². The Morgan fingerprint density at radius 3 is 2.50 bits per heavy atom. The summed E-state index contributed by atoms with van der Waals surface area (Å²) in [6.07, 6.45) is 3.13. The first-order chi connectivity index (χ1) is 15.7. The molecule has 0 unspecified atom stereocenters. The monoisotopic (exact) mass is 435 g/mol. The van der Waals surface area contributed by atoms with E-state index >= 15 is 0 Å². The quantitative estimate of drug-likeness (QED) is 0.421. The first-order valence-corrected chi connectivity index (χ1v) is 10.5. The number of pyridine rings is 1. The van der Waals surface area contributed by atoms with Crippen molar-refractivity contribution in [1.82, 2.24) is 15.0 Å². The van der Waals surface area contributed by atoms with Gasteiger partial charge in [-0.1, -0.05) is 24.3 Å². The first-order valence-electron chi connectivity index (χ1n) is 10.5. The Morgan fingerprint density at radius 1 is 1.03 bits per heavy atom. The topological polar surface area (TPSA) is 110 Å². The number of nitrogens with zero attached hydrogens (tertiary/aromatic N) is 6. The minimum Gasteiger partial charge on any atom is -0.494 e. The molecular weight excluding hydrogens is 410 g/mol. The van der Waals surface area contributed by atoms with Gasteiger partial charge in [-0.05, 0) is 25.1 Å². The number of para-hydroxylation sites is 1. The summed E-state index contributed by atoms with van der Waals surface area (Å²) in [4.78, 5) is 28.4. The SMILES string of the molecule is CCOc1ccccc1CNc1ncnc(N2CCN(c3ccccn3)CC2)c1[N+](=O)[O-]. The molecule has 1 N–H and O–H groups in total. The van der Waals surface area contributed by atoms with Gasteiger partial charge in [0.2, 0.25) is 11.6 Å². The zero-order valence-electron chi connectivity index (χ0n) is 17.8.